The number of fused-ring (bicyclic) bond motifs is 1. The SMILES string of the molecule is C1=CCC(C2=C(C3=CC=CC3)Oc3ccccc3C2)=C1. The topological polar surface area (TPSA) is 9.23 Å². The van der Waals surface area contributed by atoms with E-state index >= 15 is 0 Å². The second kappa shape index (κ2) is 4.68. The highest BCUT2D eigenvalue weighted by atomic mass is 16.5. The molecule has 0 spiro atoms. The molecule has 0 radical (unpaired) electrons. The van der Waals surface area contributed by atoms with Gasteiger partial charge in [0, 0.05) is 12.0 Å². The molecule has 0 saturated heterocycles. The van der Waals surface area contributed by atoms with E-state index in [2.05, 4.69) is 54.7 Å². The van der Waals surface area contributed by atoms with Crippen molar-refractivity contribution in [2.45, 2.75) is 19.3 Å². The zero-order valence-electron chi connectivity index (χ0n) is 11.3. The van der Waals surface area contributed by atoms with Crippen molar-refractivity contribution in [2.75, 3.05) is 0 Å². The summed E-state index contributed by atoms with van der Waals surface area (Å²) in [5.41, 5.74) is 5.32. The molecule has 1 aliphatic heterocycles. The van der Waals surface area contributed by atoms with Crippen molar-refractivity contribution >= 4 is 0 Å². The minimum absolute atomic E-state index is 0.969. The molecule has 1 aromatic rings. The van der Waals surface area contributed by atoms with Gasteiger partial charge in [-0.1, -0.05) is 54.7 Å². The Balaban J connectivity index is 1.80. The summed E-state index contributed by atoms with van der Waals surface area (Å²) in [7, 11) is 0. The quantitative estimate of drug-likeness (QED) is 0.752. The number of hydrogen-bond acceptors (Lipinski definition) is 1. The van der Waals surface area contributed by atoms with Gasteiger partial charge in [0.25, 0.3) is 0 Å². The van der Waals surface area contributed by atoms with Crippen LogP contribution < -0.4 is 4.74 Å². The molecule has 4 rings (SSSR count). The van der Waals surface area contributed by atoms with Crippen LogP contribution >= 0.6 is 0 Å². The third-order valence-corrected chi connectivity index (χ3v) is 4.05. The zero-order valence-corrected chi connectivity index (χ0v) is 11.3. The summed E-state index contributed by atoms with van der Waals surface area (Å²) in [5, 5.41) is 0. The lowest BCUT2D eigenvalue weighted by Crippen LogP contribution is -2.13. The Labute approximate surface area is 119 Å². The lowest BCUT2D eigenvalue weighted by Gasteiger charge is -2.25. The number of para-hydroxylation sites is 1. The molecule has 0 saturated carbocycles. The summed E-state index contributed by atoms with van der Waals surface area (Å²) in [6.07, 6.45) is 16.0. The van der Waals surface area contributed by atoms with E-state index in [1.807, 2.05) is 6.07 Å². The Morgan fingerprint density at radius 1 is 0.850 bits per heavy atom. The van der Waals surface area contributed by atoms with E-state index in [9.17, 15) is 0 Å². The maximum absolute atomic E-state index is 6.24. The van der Waals surface area contributed by atoms with Crippen LogP contribution in [0.25, 0.3) is 0 Å². The van der Waals surface area contributed by atoms with Crippen LogP contribution in [0.4, 0.5) is 0 Å². The molecule has 98 valence electrons. The summed E-state index contributed by atoms with van der Waals surface area (Å²) in [6, 6.07) is 8.36. The number of rotatable bonds is 2. The first-order chi connectivity index (χ1) is 9.92. The van der Waals surface area contributed by atoms with Gasteiger partial charge in [-0.2, -0.15) is 0 Å². The normalized spacial score (nSPS) is 19.8. The molecule has 0 aromatic heterocycles. The van der Waals surface area contributed by atoms with Crippen molar-refractivity contribution in [2.24, 2.45) is 0 Å². The van der Waals surface area contributed by atoms with Crippen LogP contribution in [0.5, 0.6) is 5.75 Å². The van der Waals surface area contributed by atoms with Gasteiger partial charge in [-0.3, -0.25) is 0 Å². The van der Waals surface area contributed by atoms with Crippen LogP contribution in [0.1, 0.15) is 18.4 Å². The first-order valence-electron chi connectivity index (χ1n) is 7.13. The summed E-state index contributed by atoms with van der Waals surface area (Å²) in [4.78, 5) is 0. The van der Waals surface area contributed by atoms with E-state index in [0.717, 1.165) is 30.8 Å². The summed E-state index contributed by atoms with van der Waals surface area (Å²) in [5.74, 6) is 2.08. The number of ether oxygens (including phenoxy) is 1. The van der Waals surface area contributed by atoms with Crippen molar-refractivity contribution in [3.8, 4) is 5.75 Å². The van der Waals surface area contributed by atoms with Crippen molar-refractivity contribution in [1.82, 2.24) is 0 Å². The highest BCUT2D eigenvalue weighted by molar-refractivity contribution is 5.56. The molecular formula is C19H16O. The van der Waals surface area contributed by atoms with Crippen molar-refractivity contribution < 1.29 is 4.74 Å². The van der Waals surface area contributed by atoms with Crippen LogP contribution in [0.15, 0.2) is 83.2 Å². The van der Waals surface area contributed by atoms with Gasteiger partial charge in [0.05, 0.1) is 0 Å². The predicted octanol–water partition coefficient (Wildman–Crippen LogP) is 4.65. The molecule has 3 aliphatic rings. The highest BCUT2D eigenvalue weighted by Crippen LogP contribution is 2.39. The van der Waals surface area contributed by atoms with E-state index in [1.54, 1.807) is 0 Å². The molecule has 0 fully saturated rings. The fourth-order valence-corrected chi connectivity index (χ4v) is 3.00. The van der Waals surface area contributed by atoms with Gasteiger partial charge >= 0.3 is 0 Å². The maximum Gasteiger partial charge on any atom is 0.134 e. The number of hydrogen-bond donors (Lipinski definition) is 0. The maximum atomic E-state index is 6.24. The van der Waals surface area contributed by atoms with Gasteiger partial charge in [-0.05, 0) is 35.6 Å². The van der Waals surface area contributed by atoms with Crippen LogP contribution in [0.3, 0.4) is 0 Å². The van der Waals surface area contributed by atoms with Crippen molar-refractivity contribution in [3.63, 3.8) is 0 Å². The molecule has 0 N–H and O–H groups in total. The Morgan fingerprint density at radius 3 is 2.35 bits per heavy atom. The average molecular weight is 260 g/mol. The van der Waals surface area contributed by atoms with Gasteiger partial charge in [-0.15, -0.1) is 0 Å². The average Bonchev–Trinajstić information content (AvgIpc) is 3.19. The second-order valence-electron chi connectivity index (χ2n) is 5.34. The highest BCUT2D eigenvalue weighted by Gasteiger charge is 2.24. The smallest absolute Gasteiger partial charge is 0.134 e. The van der Waals surface area contributed by atoms with Crippen molar-refractivity contribution in [3.05, 3.63) is 88.8 Å². The van der Waals surface area contributed by atoms with Gasteiger partial charge in [0.15, 0.2) is 0 Å². The molecule has 20 heavy (non-hydrogen) atoms. The second-order valence-corrected chi connectivity index (χ2v) is 5.34. The Hall–Kier alpha value is -2.28. The third kappa shape index (κ3) is 1.87. The molecule has 0 bridgehead atoms. The summed E-state index contributed by atoms with van der Waals surface area (Å²) < 4.78 is 6.24. The van der Waals surface area contributed by atoms with Crippen molar-refractivity contribution in [1.29, 1.82) is 0 Å². The Kier molecular flexibility index (Phi) is 2.70. The summed E-state index contributed by atoms with van der Waals surface area (Å²) >= 11 is 0. The van der Waals surface area contributed by atoms with Crippen LogP contribution in [-0.4, -0.2) is 0 Å². The molecule has 1 heteroatoms. The number of benzene rings is 1. The molecule has 0 amide bonds. The van der Waals surface area contributed by atoms with Gasteiger partial charge < -0.3 is 4.74 Å². The summed E-state index contributed by atoms with van der Waals surface area (Å²) in [6.45, 7) is 0. The lowest BCUT2D eigenvalue weighted by atomic mass is 9.91. The molecule has 2 aliphatic carbocycles. The Morgan fingerprint density at radius 2 is 1.60 bits per heavy atom. The first kappa shape index (κ1) is 11.5. The predicted molar refractivity (Wildman–Crippen MR) is 81.5 cm³/mol. The van der Waals surface area contributed by atoms with Crippen LogP contribution in [0, 0.1) is 0 Å². The first-order valence-corrected chi connectivity index (χ1v) is 7.13. The fourth-order valence-electron chi connectivity index (χ4n) is 3.00. The zero-order chi connectivity index (χ0) is 13.4. The van der Waals surface area contributed by atoms with Gasteiger partial charge in [-0.25, -0.2) is 0 Å². The van der Waals surface area contributed by atoms with Crippen LogP contribution in [0.2, 0.25) is 0 Å². The fraction of sp³-hybridized carbons (Fsp3) is 0.158. The molecule has 0 unspecified atom stereocenters. The van der Waals surface area contributed by atoms with Gasteiger partial charge in [0.1, 0.15) is 11.5 Å². The Bertz CT molecular complexity index is 650. The third-order valence-electron chi connectivity index (χ3n) is 4.05. The monoisotopic (exact) mass is 260 g/mol. The number of allylic oxidation sites excluding steroid dienone is 9. The van der Waals surface area contributed by atoms with E-state index < -0.39 is 0 Å². The van der Waals surface area contributed by atoms with E-state index in [1.165, 1.54) is 22.3 Å². The molecule has 1 nitrogen and oxygen atoms in total. The standard InChI is InChI=1S/C19H16O/c1-2-8-14(7-1)17-13-16-11-5-6-12-18(16)20-19(17)15-9-3-4-10-15/h1-7,9,11-12H,8,10,13H2. The van der Waals surface area contributed by atoms with E-state index in [0.29, 0.717) is 0 Å². The van der Waals surface area contributed by atoms with Crippen LogP contribution in [-0.2, 0) is 6.42 Å². The molecule has 1 aromatic carbocycles. The van der Waals surface area contributed by atoms with E-state index in [4.69, 9.17) is 4.74 Å². The molecule has 1 heterocycles. The molecule has 0 atom stereocenters. The minimum atomic E-state index is 0.969. The molecular weight excluding hydrogens is 244 g/mol. The lowest BCUT2D eigenvalue weighted by molar-refractivity contribution is 0.412. The van der Waals surface area contributed by atoms with Gasteiger partial charge in [0.2, 0.25) is 0 Å². The van der Waals surface area contributed by atoms with E-state index in [-0.39, 0.29) is 0 Å². The minimum Gasteiger partial charge on any atom is -0.456 e. The largest absolute Gasteiger partial charge is 0.456 e.